The van der Waals surface area contributed by atoms with Crippen molar-refractivity contribution in [3.63, 3.8) is 0 Å². The largest absolute Gasteiger partial charge is 0.480 e. The van der Waals surface area contributed by atoms with E-state index in [9.17, 15) is 9.59 Å². The van der Waals surface area contributed by atoms with Crippen LogP contribution in [0.5, 0.6) is 0 Å². The molecule has 2 rings (SSSR count). The Hall–Kier alpha value is -1.63. The Morgan fingerprint density at radius 2 is 1.85 bits per heavy atom. The third kappa shape index (κ3) is 6.27. The highest BCUT2D eigenvalue weighted by Crippen LogP contribution is 2.18. The molecule has 0 radical (unpaired) electrons. The van der Waals surface area contributed by atoms with E-state index in [0.29, 0.717) is 0 Å². The maximum Gasteiger partial charge on any atom is 0.317 e. The van der Waals surface area contributed by atoms with Gasteiger partial charge < -0.3 is 10.4 Å². The number of carboxylic acids is 1. The first-order valence-corrected chi connectivity index (χ1v) is 8.96. The molecule has 1 aromatic rings. The molecule has 1 aromatic carbocycles. The van der Waals surface area contributed by atoms with Crippen molar-refractivity contribution in [2.45, 2.75) is 45.2 Å². The number of halogens is 1. The van der Waals surface area contributed by atoms with Crippen LogP contribution in [-0.2, 0) is 16.0 Å². The molecule has 1 aliphatic rings. The van der Waals surface area contributed by atoms with Crippen LogP contribution in [0, 0.1) is 0 Å². The third-order valence-corrected chi connectivity index (χ3v) is 5.06. The van der Waals surface area contributed by atoms with Crippen LogP contribution in [0.25, 0.3) is 0 Å². The molecule has 1 saturated heterocycles. The number of benzene rings is 1. The topological polar surface area (TPSA) is 72.9 Å². The lowest BCUT2D eigenvalue weighted by Gasteiger charge is -2.38. The number of amides is 1. The molecule has 0 aliphatic carbocycles. The molecule has 1 atom stereocenters. The zero-order valence-corrected chi connectivity index (χ0v) is 16.6. The standard InChI is InChI=1S/C19H29N3O3.ClH/c1-4-15-5-7-16(8-6-15)20-19(25)14(2)22-11-9-17(10-12-22)21(3)13-18(23)24;/h5-8,14,17H,4,9-13H2,1-3H3,(H,20,25)(H,23,24);1H. The van der Waals surface area contributed by atoms with Crippen LogP contribution in [0.3, 0.4) is 0 Å². The minimum atomic E-state index is -0.799. The fourth-order valence-electron chi connectivity index (χ4n) is 3.29. The van der Waals surface area contributed by atoms with Gasteiger partial charge in [0, 0.05) is 24.8 Å². The lowest BCUT2D eigenvalue weighted by Crippen LogP contribution is -2.50. The fraction of sp³-hybridized carbons (Fsp3) is 0.579. The second-order valence-corrected chi connectivity index (χ2v) is 6.79. The molecule has 2 N–H and O–H groups in total. The van der Waals surface area contributed by atoms with Gasteiger partial charge in [-0.05, 0) is 50.9 Å². The molecule has 1 heterocycles. The summed E-state index contributed by atoms with van der Waals surface area (Å²) in [5.74, 6) is -0.798. The number of carbonyl (C=O) groups excluding carboxylic acids is 1. The van der Waals surface area contributed by atoms with Gasteiger partial charge in [-0.3, -0.25) is 19.4 Å². The maximum atomic E-state index is 12.5. The predicted molar refractivity (Wildman–Crippen MR) is 106 cm³/mol. The number of hydrogen-bond donors (Lipinski definition) is 2. The minimum Gasteiger partial charge on any atom is -0.480 e. The first kappa shape index (κ1) is 22.4. The van der Waals surface area contributed by atoms with Crippen molar-refractivity contribution < 1.29 is 14.7 Å². The average Bonchev–Trinajstić information content (AvgIpc) is 2.61. The van der Waals surface area contributed by atoms with Crippen molar-refractivity contribution in [1.82, 2.24) is 9.80 Å². The summed E-state index contributed by atoms with van der Waals surface area (Å²) in [6, 6.07) is 8.02. The zero-order chi connectivity index (χ0) is 18.4. The number of nitrogens with zero attached hydrogens (tertiary/aromatic N) is 2. The number of anilines is 1. The van der Waals surface area contributed by atoms with Gasteiger partial charge in [-0.1, -0.05) is 19.1 Å². The smallest absolute Gasteiger partial charge is 0.317 e. The van der Waals surface area contributed by atoms with Crippen molar-refractivity contribution in [3.8, 4) is 0 Å². The van der Waals surface area contributed by atoms with Crippen molar-refractivity contribution in [2.24, 2.45) is 0 Å². The van der Waals surface area contributed by atoms with Gasteiger partial charge in [-0.25, -0.2) is 0 Å². The predicted octanol–water partition coefficient (Wildman–Crippen LogP) is 2.48. The van der Waals surface area contributed by atoms with Gasteiger partial charge in [0.1, 0.15) is 0 Å². The van der Waals surface area contributed by atoms with E-state index in [0.717, 1.165) is 38.0 Å². The molecule has 0 saturated carbocycles. The number of likely N-dealkylation sites (N-methyl/N-ethyl adjacent to an activating group) is 1. The van der Waals surface area contributed by atoms with E-state index in [-0.39, 0.29) is 36.9 Å². The van der Waals surface area contributed by atoms with E-state index in [2.05, 4.69) is 17.1 Å². The number of rotatable bonds is 7. The Bertz CT molecular complexity index is 586. The molecule has 0 aromatic heterocycles. The zero-order valence-electron chi connectivity index (χ0n) is 15.8. The monoisotopic (exact) mass is 383 g/mol. The van der Waals surface area contributed by atoms with Gasteiger partial charge in [0.15, 0.2) is 0 Å². The number of hydrogen-bond acceptors (Lipinski definition) is 4. The van der Waals surface area contributed by atoms with Crippen molar-refractivity contribution in [2.75, 3.05) is 32.0 Å². The summed E-state index contributed by atoms with van der Waals surface area (Å²) < 4.78 is 0. The summed E-state index contributed by atoms with van der Waals surface area (Å²) in [5, 5.41) is 11.9. The molecule has 1 fully saturated rings. The number of carboxylic acid groups (broad SMARTS) is 1. The van der Waals surface area contributed by atoms with Gasteiger partial charge in [0.2, 0.25) is 5.91 Å². The molecule has 1 unspecified atom stereocenters. The number of nitrogens with one attached hydrogen (secondary N) is 1. The van der Waals surface area contributed by atoms with Crippen LogP contribution in [0.2, 0.25) is 0 Å². The van der Waals surface area contributed by atoms with Gasteiger partial charge in [-0.2, -0.15) is 0 Å². The van der Waals surface area contributed by atoms with Gasteiger partial charge in [0.05, 0.1) is 12.6 Å². The summed E-state index contributed by atoms with van der Waals surface area (Å²) in [6.45, 7) is 5.70. The summed E-state index contributed by atoms with van der Waals surface area (Å²) in [4.78, 5) is 27.4. The highest BCUT2D eigenvalue weighted by molar-refractivity contribution is 5.94. The Morgan fingerprint density at radius 3 is 2.35 bits per heavy atom. The van der Waals surface area contributed by atoms with E-state index in [1.807, 2.05) is 43.1 Å². The normalized spacial score (nSPS) is 16.8. The average molecular weight is 384 g/mol. The van der Waals surface area contributed by atoms with Crippen molar-refractivity contribution in [3.05, 3.63) is 29.8 Å². The fourth-order valence-corrected chi connectivity index (χ4v) is 3.29. The molecule has 0 bridgehead atoms. The molecule has 0 spiro atoms. The van der Waals surface area contributed by atoms with E-state index >= 15 is 0 Å². The van der Waals surface area contributed by atoms with Crippen LogP contribution in [-0.4, -0.2) is 65.5 Å². The molecular formula is C19H30ClN3O3. The summed E-state index contributed by atoms with van der Waals surface area (Å²) in [6.07, 6.45) is 2.75. The second-order valence-electron chi connectivity index (χ2n) is 6.79. The quantitative estimate of drug-likeness (QED) is 0.756. The highest BCUT2D eigenvalue weighted by Gasteiger charge is 2.28. The summed E-state index contributed by atoms with van der Waals surface area (Å²) in [7, 11) is 1.85. The second kappa shape index (κ2) is 10.5. The number of aliphatic carboxylic acids is 1. The molecule has 6 nitrogen and oxygen atoms in total. The maximum absolute atomic E-state index is 12.5. The molecule has 1 aliphatic heterocycles. The lowest BCUT2D eigenvalue weighted by molar-refractivity contribution is -0.138. The molecule has 1 amide bonds. The van der Waals surface area contributed by atoms with E-state index in [1.54, 1.807) is 0 Å². The molecule has 7 heteroatoms. The minimum absolute atomic E-state index is 0. The third-order valence-electron chi connectivity index (χ3n) is 5.06. The molecule has 146 valence electrons. The lowest BCUT2D eigenvalue weighted by atomic mass is 10.0. The van der Waals surface area contributed by atoms with Crippen LogP contribution in [0.4, 0.5) is 5.69 Å². The van der Waals surface area contributed by atoms with Gasteiger partial charge in [-0.15, -0.1) is 12.4 Å². The number of aryl methyl sites for hydroxylation is 1. The molecule has 26 heavy (non-hydrogen) atoms. The Labute approximate surface area is 162 Å². The number of likely N-dealkylation sites (tertiary alicyclic amines) is 1. The Kier molecular flexibility index (Phi) is 9.05. The first-order chi connectivity index (χ1) is 11.9. The Morgan fingerprint density at radius 1 is 1.27 bits per heavy atom. The van der Waals surface area contributed by atoms with Crippen LogP contribution >= 0.6 is 12.4 Å². The van der Waals surface area contributed by atoms with E-state index < -0.39 is 5.97 Å². The van der Waals surface area contributed by atoms with E-state index in [4.69, 9.17) is 5.11 Å². The SMILES string of the molecule is CCc1ccc(NC(=O)C(C)N2CCC(N(C)CC(=O)O)CC2)cc1.Cl. The highest BCUT2D eigenvalue weighted by atomic mass is 35.5. The van der Waals surface area contributed by atoms with Gasteiger partial charge >= 0.3 is 5.97 Å². The Balaban J connectivity index is 0.00000338. The van der Waals surface area contributed by atoms with Crippen LogP contribution < -0.4 is 5.32 Å². The molecular weight excluding hydrogens is 354 g/mol. The van der Waals surface area contributed by atoms with Crippen LogP contribution in [0.1, 0.15) is 32.3 Å². The van der Waals surface area contributed by atoms with Gasteiger partial charge in [0.25, 0.3) is 0 Å². The van der Waals surface area contributed by atoms with Crippen molar-refractivity contribution in [1.29, 1.82) is 0 Å². The first-order valence-electron chi connectivity index (χ1n) is 8.96. The van der Waals surface area contributed by atoms with E-state index in [1.165, 1.54) is 5.56 Å². The summed E-state index contributed by atoms with van der Waals surface area (Å²) in [5.41, 5.74) is 2.07. The number of carbonyl (C=O) groups is 2. The number of piperidine rings is 1. The van der Waals surface area contributed by atoms with Crippen molar-refractivity contribution >= 4 is 30.0 Å². The summed E-state index contributed by atoms with van der Waals surface area (Å²) >= 11 is 0. The van der Waals surface area contributed by atoms with Crippen LogP contribution in [0.15, 0.2) is 24.3 Å².